The first-order valence-corrected chi connectivity index (χ1v) is 13.9. The molecule has 0 amide bonds. The first-order chi connectivity index (χ1) is 18.8. The Morgan fingerprint density at radius 1 is 1.21 bits per heavy atom. The summed E-state index contributed by atoms with van der Waals surface area (Å²) in [6.45, 7) is 8.85. The largest absolute Gasteiger partial charge is 0.438 e. The van der Waals surface area contributed by atoms with Crippen LogP contribution >= 0.6 is 0 Å². The van der Waals surface area contributed by atoms with Gasteiger partial charge in [-0.25, -0.2) is 9.37 Å². The number of aryl methyl sites for hydroxylation is 1. The zero-order valence-electron chi connectivity index (χ0n) is 23.0. The molecule has 2 aliphatic heterocycles. The van der Waals surface area contributed by atoms with Crippen molar-refractivity contribution in [2.75, 3.05) is 26.4 Å². The number of nitrogens with zero attached hydrogens (tertiary/aromatic N) is 4. The summed E-state index contributed by atoms with van der Waals surface area (Å²) in [4.78, 5) is 32.4. The SMILES string of the molecule is Cc1nc2n(c(=O)c1CCN1CCC(c3noc4cc(F)ccc34)CC1)CCCC2OCOC(=O)CC(C)C. The van der Waals surface area contributed by atoms with Crippen LogP contribution in [0.2, 0.25) is 0 Å². The summed E-state index contributed by atoms with van der Waals surface area (Å²) in [6, 6.07) is 4.57. The molecule has 4 heterocycles. The maximum absolute atomic E-state index is 13.5. The molecule has 10 heteroatoms. The summed E-state index contributed by atoms with van der Waals surface area (Å²) in [7, 11) is 0. The Kier molecular flexibility index (Phi) is 8.42. The van der Waals surface area contributed by atoms with Crippen LogP contribution in [0.3, 0.4) is 0 Å². The van der Waals surface area contributed by atoms with Crippen molar-refractivity contribution < 1.29 is 23.2 Å². The van der Waals surface area contributed by atoms with Crippen LogP contribution in [0.5, 0.6) is 0 Å². The van der Waals surface area contributed by atoms with Crippen molar-refractivity contribution >= 4 is 16.9 Å². The van der Waals surface area contributed by atoms with Crippen LogP contribution in [-0.4, -0.2) is 52.0 Å². The molecule has 2 aromatic heterocycles. The molecule has 5 rings (SSSR count). The number of rotatable bonds is 9. The van der Waals surface area contributed by atoms with Gasteiger partial charge in [0.2, 0.25) is 0 Å². The van der Waals surface area contributed by atoms with E-state index in [-0.39, 0.29) is 42.1 Å². The number of esters is 1. The lowest BCUT2D eigenvalue weighted by atomic mass is 9.91. The topological polar surface area (TPSA) is 99.7 Å². The molecule has 0 aliphatic carbocycles. The van der Waals surface area contributed by atoms with Gasteiger partial charge in [-0.1, -0.05) is 19.0 Å². The van der Waals surface area contributed by atoms with E-state index in [9.17, 15) is 14.0 Å². The van der Waals surface area contributed by atoms with Gasteiger partial charge in [-0.15, -0.1) is 0 Å². The van der Waals surface area contributed by atoms with Gasteiger partial charge in [0.1, 0.15) is 17.7 Å². The molecule has 0 saturated carbocycles. The van der Waals surface area contributed by atoms with Gasteiger partial charge in [-0.2, -0.15) is 0 Å². The third-order valence-electron chi connectivity index (χ3n) is 7.81. The summed E-state index contributed by atoms with van der Waals surface area (Å²) in [5, 5.41) is 5.12. The highest BCUT2D eigenvalue weighted by molar-refractivity contribution is 5.79. The first kappa shape index (κ1) is 27.5. The number of hydrogen-bond acceptors (Lipinski definition) is 8. The van der Waals surface area contributed by atoms with Crippen LogP contribution in [0.25, 0.3) is 11.0 Å². The Morgan fingerprint density at radius 3 is 2.77 bits per heavy atom. The van der Waals surface area contributed by atoms with Gasteiger partial charge in [0.25, 0.3) is 5.56 Å². The van der Waals surface area contributed by atoms with E-state index in [0.717, 1.165) is 67.7 Å². The predicted octanol–water partition coefficient (Wildman–Crippen LogP) is 4.65. The van der Waals surface area contributed by atoms with E-state index in [4.69, 9.17) is 19.0 Å². The molecular formula is C29H37FN4O5. The fourth-order valence-corrected chi connectivity index (χ4v) is 5.69. The fraction of sp³-hybridized carbons (Fsp3) is 0.586. The maximum Gasteiger partial charge on any atom is 0.308 e. The van der Waals surface area contributed by atoms with E-state index in [0.29, 0.717) is 30.8 Å². The number of carbonyl (C=O) groups excluding carboxylic acids is 1. The zero-order chi connectivity index (χ0) is 27.5. The van der Waals surface area contributed by atoms with Gasteiger partial charge in [0, 0.05) is 48.1 Å². The number of aromatic nitrogens is 3. The predicted molar refractivity (Wildman–Crippen MR) is 143 cm³/mol. The highest BCUT2D eigenvalue weighted by atomic mass is 19.1. The van der Waals surface area contributed by atoms with Gasteiger partial charge in [-0.05, 0) is 70.2 Å². The van der Waals surface area contributed by atoms with E-state index in [1.807, 2.05) is 20.8 Å². The molecule has 1 atom stereocenters. The van der Waals surface area contributed by atoms with E-state index >= 15 is 0 Å². The second-order valence-corrected chi connectivity index (χ2v) is 11.1. The Bertz CT molecular complexity index is 1380. The molecule has 1 saturated heterocycles. The summed E-state index contributed by atoms with van der Waals surface area (Å²) in [5.41, 5.74) is 2.87. The summed E-state index contributed by atoms with van der Waals surface area (Å²) >= 11 is 0. The highest BCUT2D eigenvalue weighted by Crippen LogP contribution is 2.33. The maximum atomic E-state index is 13.5. The molecule has 1 fully saturated rings. The first-order valence-electron chi connectivity index (χ1n) is 13.9. The third kappa shape index (κ3) is 6.22. The second-order valence-electron chi connectivity index (χ2n) is 11.1. The molecule has 9 nitrogen and oxygen atoms in total. The monoisotopic (exact) mass is 540 g/mol. The van der Waals surface area contributed by atoms with Crippen LogP contribution in [0, 0.1) is 18.7 Å². The lowest BCUT2D eigenvalue weighted by Crippen LogP contribution is -2.38. The summed E-state index contributed by atoms with van der Waals surface area (Å²) < 4.78 is 31.6. The minimum Gasteiger partial charge on any atom is -0.438 e. The van der Waals surface area contributed by atoms with Gasteiger partial charge in [0.15, 0.2) is 12.4 Å². The van der Waals surface area contributed by atoms with E-state index in [2.05, 4.69) is 10.1 Å². The minimum absolute atomic E-state index is 0.00112. The summed E-state index contributed by atoms with van der Waals surface area (Å²) in [5.74, 6) is 0.502. The molecule has 2 aliphatic rings. The van der Waals surface area contributed by atoms with E-state index in [1.54, 1.807) is 10.6 Å². The fourth-order valence-electron chi connectivity index (χ4n) is 5.69. The second kappa shape index (κ2) is 12.0. The number of carbonyl (C=O) groups is 1. The van der Waals surface area contributed by atoms with Gasteiger partial charge >= 0.3 is 5.97 Å². The Hall–Kier alpha value is -3.11. The van der Waals surface area contributed by atoms with Crippen LogP contribution in [0.1, 0.15) is 80.7 Å². The third-order valence-corrected chi connectivity index (χ3v) is 7.81. The number of hydrogen-bond donors (Lipinski definition) is 0. The van der Waals surface area contributed by atoms with Crippen molar-refractivity contribution in [3.05, 3.63) is 57.1 Å². The van der Waals surface area contributed by atoms with E-state index < -0.39 is 0 Å². The molecule has 39 heavy (non-hydrogen) atoms. The molecular weight excluding hydrogens is 503 g/mol. The van der Waals surface area contributed by atoms with Crippen LogP contribution in [0.4, 0.5) is 4.39 Å². The highest BCUT2D eigenvalue weighted by Gasteiger charge is 2.28. The van der Waals surface area contributed by atoms with Crippen molar-refractivity contribution in [3.63, 3.8) is 0 Å². The molecule has 0 bridgehead atoms. The number of benzene rings is 1. The number of piperidine rings is 1. The molecule has 3 aromatic rings. The smallest absolute Gasteiger partial charge is 0.308 e. The quantitative estimate of drug-likeness (QED) is 0.286. The Labute approximate surface area is 227 Å². The van der Waals surface area contributed by atoms with Crippen LogP contribution < -0.4 is 5.56 Å². The standard InChI is InChI=1S/C29H37FN4O5/c1-18(2)15-26(35)38-17-37-24-5-4-11-34-28(24)31-19(3)22(29(34)36)10-14-33-12-8-20(9-13-33)27-23-7-6-21(30)16-25(23)39-32-27/h6-7,16,18,20,24H,4-5,8-15,17H2,1-3H3. The van der Waals surface area contributed by atoms with Gasteiger partial charge in [0.05, 0.1) is 5.69 Å². The molecule has 1 aromatic carbocycles. The number of fused-ring (bicyclic) bond motifs is 2. The average Bonchev–Trinajstić information content (AvgIpc) is 3.32. The van der Waals surface area contributed by atoms with Crippen molar-refractivity contribution in [2.24, 2.45) is 5.92 Å². The molecule has 0 spiro atoms. The Balaban J connectivity index is 1.18. The van der Waals surface area contributed by atoms with Gasteiger partial charge in [-0.3, -0.25) is 14.2 Å². The lowest BCUT2D eigenvalue weighted by molar-refractivity contribution is -0.163. The lowest BCUT2D eigenvalue weighted by Gasteiger charge is -2.31. The Morgan fingerprint density at radius 2 is 2.00 bits per heavy atom. The van der Waals surface area contributed by atoms with Gasteiger partial charge < -0.3 is 18.9 Å². The van der Waals surface area contributed by atoms with Crippen molar-refractivity contribution in [3.8, 4) is 0 Å². The van der Waals surface area contributed by atoms with Crippen molar-refractivity contribution in [1.82, 2.24) is 19.6 Å². The van der Waals surface area contributed by atoms with Crippen molar-refractivity contribution in [1.29, 1.82) is 0 Å². The van der Waals surface area contributed by atoms with Crippen LogP contribution in [0.15, 0.2) is 27.5 Å². The molecule has 210 valence electrons. The normalized spacial score (nSPS) is 18.5. The van der Waals surface area contributed by atoms with Crippen LogP contribution in [-0.2, 0) is 27.2 Å². The zero-order valence-corrected chi connectivity index (χ0v) is 23.0. The minimum atomic E-state index is -0.366. The number of ether oxygens (including phenoxy) is 2. The van der Waals surface area contributed by atoms with Crippen molar-refractivity contribution in [2.45, 2.75) is 77.9 Å². The number of halogens is 1. The molecule has 0 radical (unpaired) electrons. The number of likely N-dealkylation sites (tertiary alicyclic amines) is 1. The molecule has 0 N–H and O–H groups in total. The van der Waals surface area contributed by atoms with E-state index in [1.165, 1.54) is 12.1 Å². The molecule has 1 unspecified atom stereocenters. The average molecular weight is 541 g/mol. The summed E-state index contributed by atoms with van der Waals surface area (Å²) in [6.07, 6.45) is 4.01.